The van der Waals surface area contributed by atoms with Gasteiger partial charge < -0.3 is 9.88 Å². The number of carbonyl (C=O) groups is 1. The molecular weight excluding hydrogens is 388 g/mol. The Morgan fingerprint density at radius 1 is 1.21 bits per heavy atom. The van der Waals surface area contributed by atoms with Crippen LogP contribution in [0.2, 0.25) is 0 Å². The van der Waals surface area contributed by atoms with Crippen LogP contribution in [0.25, 0.3) is 11.2 Å². The van der Waals surface area contributed by atoms with E-state index >= 15 is 0 Å². The van der Waals surface area contributed by atoms with Gasteiger partial charge in [0.15, 0.2) is 16.3 Å². The van der Waals surface area contributed by atoms with Crippen LogP contribution in [0.1, 0.15) is 0 Å². The summed E-state index contributed by atoms with van der Waals surface area (Å²) in [6, 6.07) is 5.61. The minimum atomic E-state index is -0.547. The van der Waals surface area contributed by atoms with Gasteiger partial charge >= 0.3 is 5.69 Å². The molecule has 0 spiro atoms. The van der Waals surface area contributed by atoms with Gasteiger partial charge in [-0.1, -0.05) is 17.8 Å². The van der Waals surface area contributed by atoms with E-state index in [2.05, 4.69) is 10.3 Å². The van der Waals surface area contributed by atoms with E-state index in [0.29, 0.717) is 10.8 Å². The number of non-ortho nitro benzene ring substituents is 1. The summed E-state index contributed by atoms with van der Waals surface area (Å²) in [6.07, 6.45) is 0. The number of fused-ring (bicyclic) bond motifs is 1. The van der Waals surface area contributed by atoms with E-state index in [1.165, 1.54) is 41.4 Å². The molecule has 0 unspecified atom stereocenters. The Bertz CT molecular complexity index is 1220. The van der Waals surface area contributed by atoms with Crippen molar-refractivity contribution in [1.29, 1.82) is 0 Å². The fraction of sp³-hybridized carbons (Fsp3) is 0.250. The molecule has 0 bridgehead atoms. The quantitative estimate of drug-likeness (QED) is 0.374. The second-order valence-corrected chi connectivity index (χ2v) is 6.92. The average Bonchev–Trinajstić information content (AvgIpc) is 3.00. The van der Waals surface area contributed by atoms with Gasteiger partial charge in [0.1, 0.15) is 0 Å². The molecule has 0 aliphatic heterocycles. The molecule has 0 radical (unpaired) electrons. The first-order valence-electron chi connectivity index (χ1n) is 8.00. The van der Waals surface area contributed by atoms with Gasteiger partial charge in [-0.3, -0.25) is 28.8 Å². The summed E-state index contributed by atoms with van der Waals surface area (Å²) in [7, 11) is 4.53. The van der Waals surface area contributed by atoms with Gasteiger partial charge in [-0.05, 0) is 6.07 Å². The van der Waals surface area contributed by atoms with E-state index in [-0.39, 0.29) is 28.5 Å². The highest BCUT2D eigenvalue weighted by atomic mass is 32.2. The van der Waals surface area contributed by atoms with E-state index in [1.54, 1.807) is 13.1 Å². The van der Waals surface area contributed by atoms with E-state index in [1.807, 2.05) is 0 Å². The van der Waals surface area contributed by atoms with Crippen molar-refractivity contribution in [3.05, 3.63) is 55.2 Å². The zero-order valence-electron chi connectivity index (χ0n) is 15.2. The van der Waals surface area contributed by atoms with E-state index in [9.17, 15) is 24.5 Å². The van der Waals surface area contributed by atoms with Gasteiger partial charge in [-0.2, -0.15) is 0 Å². The third-order valence-electron chi connectivity index (χ3n) is 4.11. The zero-order valence-corrected chi connectivity index (χ0v) is 16.0. The van der Waals surface area contributed by atoms with Crippen molar-refractivity contribution in [2.45, 2.75) is 5.16 Å². The first-order valence-corrected chi connectivity index (χ1v) is 8.98. The maximum absolute atomic E-state index is 12.3. The lowest BCUT2D eigenvalue weighted by Gasteiger charge is -2.05. The number of aryl methyl sites for hydroxylation is 2. The Hall–Kier alpha value is -3.41. The Morgan fingerprint density at radius 2 is 1.93 bits per heavy atom. The number of nitrogens with one attached hydrogen (secondary N) is 1. The number of carbonyl (C=O) groups excluding carboxylic acids is 1. The number of amides is 1. The van der Waals surface area contributed by atoms with Crippen molar-refractivity contribution in [3.8, 4) is 0 Å². The molecule has 3 rings (SSSR count). The van der Waals surface area contributed by atoms with Gasteiger partial charge in [0.2, 0.25) is 5.91 Å². The maximum Gasteiger partial charge on any atom is 0.332 e. The molecule has 1 amide bonds. The fourth-order valence-electron chi connectivity index (χ4n) is 2.65. The van der Waals surface area contributed by atoms with Crippen molar-refractivity contribution in [1.82, 2.24) is 18.7 Å². The molecule has 1 N–H and O–H groups in total. The molecule has 12 heteroatoms. The number of nitro benzene ring substituents is 1. The van der Waals surface area contributed by atoms with Crippen LogP contribution in [0.15, 0.2) is 39.0 Å². The standard InChI is InChI=1S/C16H16N6O5S/c1-19-12-13(20(2)16(25)21(3)14(12)24)18-15(19)28-8-11(23)17-9-5-4-6-10(7-9)22(26)27/h4-7H,8H2,1-3H3,(H,17,23). The van der Waals surface area contributed by atoms with Gasteiger partial charge in [-0.25, -0.2) is 9.78 Å². The van der Waals surface area contributed by atoms with Crippen LogP contribution in [0.3, 0.4) is 0 Å². The number of anilines is 1. The SMILES string of the molecule is Cn1c(=O)c2c(nc(SCC(=O)Nc3cccc([N+](=O)[O-])c3)n2C)n(C)c1=O. The van der Waals surface area contributed by atoms with Crippen LogP contribution in [0.5, 0.6) is 0 Å². The molecule has 2 aromatic heterocycles. The minimum Gasteiger partial charge on any atom is -0.325 e. The normalized spacial score (nSPS) is 11.0. The number of nitrogens with zero attached hydrogens (tertiary/aromatic N) is 5. The largest absolute Gasteiger partial charge is 0.332 e. The Morgan fingerprint density at radius 3 is 2.61 bits per heavy atom. The highest BCUT2D eigenvalue weighted by Gasteiger charge is 2.18. The van der Waals surface area contributed by atoms with Crippen molar-refractivity contribution < 1.29 is 9.72 Å². The summed E-state index contributed by atoms with van der Waals surface area (Å²) >= 11 is 1.08. The molecule has 3 aromatic rings. The molecular formula is C16H16N6O5S. The zero-order chi connectivity index (χ0) is 20.6. The van der Waals surface area contributed by atoms with Gasteiger partial charge in [0.25, 0.3) is 11.2 Å². The topological polar surface area (TPSA) is 134 Å². The van der Waals surface area contributed by atoms with Crippen LogP contribution in [-0.2, 0) is 25.9 Å². The van der Waals surface area contributed by atoms with Gasteiger partial charge in [-0.15, -0.1) is 0 Å². The molecule has 28 heavy (non-hydrogen) atoms. The van der Waals surface area contributed by atoms with Crippen LogP contribution in [0.4, 0.5) is 11.4 Å². The molecule has 1 aromatic carbocycles. The Balaban J connectivity index is 1.80. The first-order chi connectivity index (χ1) is 13.2. The molecule has 0 saturated carbocycles. The molecule has 2 heterocycles. The summed E-state index contributed by atoms with van der Waals surface area (Å²) in [5, 5.41) is 13.8. The lowest BCUT2D eigenvalue weighted by molar-refractivity contribution is -0.384. The summed E-state index contributed by atoms with van der Waals surface area (Å²) in [5.41, 5.74) is -0.293. The first kappa shape index (κ1) is 19.4. The Kier molecular flexibility index (Phi) is 5.05. The average molecular weight is 404 g/mol. The number of thioether (sulfide) groups is 1. The number of hydrogen-bond donors (Lipinski definition) is 1. The third-order valence-corrected chi connectivity index (χ3v) is 5.14. The van der Waals surface area contributed by atoms with E-state index in [0.717, 1.165) is 16.3 Å². The third kappa shape index (κ3) is 3.41. The fourth-order valence-corrected chi connectivity index (χ4v) is 3.42. The molecule has 146 valence electrons. The van der Waals surface area contributed by atoms with Gasteiger partial charge in [0.05, 0.1) is 10.7 Å². The number of hydrogen-bond acceptors (Lipinski definition) is 7. The lowest BCUT2D eigenvalue weighted by atomic mass is 10.3. The Labute approximate surface area is 161 Å². The predicted octanol–water partition coefficient (Wildman–Crippen LogP) is 0.610. The maximum atomic E-state index is 12.3. The van der Waals surface area contributed by atoms with E-state index in [4.69, 9.17) is 0 Å². The van der Waals surface area contributed by atoms with Crippen LogP contribution >= 0.6 is 11.8 Å². The smallest absolute Gasteiger partial charge is 0.325 e. The molecule has 0 saturated heterocycles. The summed E-state index contributed by atoms with van der Waals surface area (Å²) in [6.45, 7) is 0. The van der Waals surface area contributed by atoms with Crippen LogP contribution in [-0.4, -0.2) is 35.3 Å². The van der Waals surface area contributed by atoms with Crippen molar-refractivity contribution in [3.63, 3.8) is 0 Å². The highest BCUT2D eigenvalue weighted by molar-refractivity contribution is 7.99. The van der Waals surface area contributed by atoms with Crippen LogP contribution in [0, 0.1) is 10.1 Å². The van der Waals surface area contributed by atoms with Crippen molar-refractivity contribution >= 4 is 40.2 Å². The summed E-state index contributed by atoms with van der Waals surface area (Å²) in [5.74, 6) is -0.423. The highest BCUT2D eigenvalue weighted by Crippen LogP contribution is 2.21. The molecule has 0 fully saturated rings. The molecule has 0 aliphatic rings. The number of rotatable bonds is 5. The number of benzene rings is 1. The van der Waals surface area contributed by atoms with Crippen molar-refractivity contribution in [2.24, 2.45) is 21.1 Å². The number of aromatic nitrogens is 4. The predicted molar refractivity (Wildman–Crippen MR) is 104 cm³/mol. The van der Waals surface area contributed by atoms with Crippen molar-refractivity contribution in [2.75, 3.05) is 11.1 Å². The number of nitro groups is 1. The minimum absolute atomic E-state index is 0.0336. The van der Waals surface area contributed by atoms with E-state index < -0.39 is 16.2 Å². The molecule has 11 nitrogen and oxygen atoms in total. The second kappa shape index (κ2) is 7.31. The summed E-state index contributed by atoms with van der Waals surface area (Å²) in [4.78, 5) is 51.1. The van der Waals surface area contributed by atoms with Crippen LogP contribution < -0.4 is 16.6 Å². The molecule has 0 atom stereocenters. The monoisotopic (exact) mass is 404 g/mol. The lowest BCUT2D eigenvalue weighted by Crippen LogP contribution is -2.37. The molecule has 0 aliphatic carbocycles. The second-order valence-electron chi connectivity index (χ2n) is 5.98. The summed E-state index contributed by atoms with van der Waals surface area (Å²) < 4.78 is 3.79. The number of imidazole rings is 1. The van der Waals surface area contributed by atoms with Gasteiger partial charge in [0, 0.05) is 39.0 Å².